The molecule has 2 fully saturated rings. The lowest BCUT2D eigenvalue weighted by Crippen LogP contribution is -2.47. The second-order valence-electron chi connectivity index (χ2n) is 10.2. The van der Waals surface area contributed by atoms with Crippen LogP contribution < -0.4 is 0 Å². The Bertz CT molecular complexity index is 661. The minimum Gasteiger partial charge on any atom is -0.393 e. The van der Waals surface area contributed by atoms with Crippen LogP contribution in [0.4, 0.5) is 0 Å². The van der Waals surface area contributed by atoms with E-state index in [1.807, 2.05) is 50.3 Å². The molecule has 0 bridgehead atoms. The number of hydrogen-bond acceptors (Lipinski definition) is 7. The van der Waals surface area contributed by atoms with E-state index in [9.17, 15) is 14.8 Å². The third-order valence-electron chi connectivity index (χ3n) is 6.99. The molecule has 11 heteroatoms. The van der Waals surface area contributed by atoms with Crippen LogP contribution in [-0.4, -0.2) is 73.5 Å². The van der Waals surface area contributed by atoms with Gasteiger partial charge in [-0.25, -0.2) is 4.57 Å². The fourth-order valence-corrected chi connectivity index (χ4v) is 6.65. The molecule has 2 saturated heterocycles. The van der Waals surface area contributed by atoms with Crippen LogP contribution in [0.15, 0.2) is 0 Å². The minimum atomic E-state index is -3.57. The van der Waals surface area contributed by atoms with Crippen LogP contribution in [0.2, 0.25) is 0 Å². The van der Waals surface area contributed by atoms with Gasteiger partial charge in [0.25, 0.3) is 0 Å². The zero-order chi connectivity index (χ0) is 22.0. The molecule has 0 radical (unpaired) electrons. The van der Waals surface area contributed by atoms with Crippen LogP contribution in [0.25, 0.3) is 0 Å². The Morgan fingerprint density at radius 2 is 1.64 bits per heavy atom. The van der Waals surface area contributed by atoms with E-state index in [2.05, 4.69) is 0 Å². The van der Waals surface area contributed by atoms with Gasteiger partial charge in [-0.2, -0.15) is 0 Å². The SMILES string of the molecule is B[C@]1(C)O[C@](C)(CO[P@](=O)(I)OC2C(C)(CO)O[C@](B)(C)C2(C)C)C(O)C1C. The summed E-state index contributed by atoms with van der Waals surface area (Å²) in [6.07, 6.45) is -1.41. The lowest BCUT2D eigenvalue weighted by Gasteiger charge is -2.38. The molecule has 2 aliphatic rings. The highest BCUT2D eigenvalue weighted by Crippen LogP contribution is 2.64. The zero-order valence-electron chi connectivity index (χ0n) is 18.4. The summed E-state index contributed by atoms with van der Waals surface area (Å²) in [4.78, 5) is 0. The van der Waals surface area contributed by atoms with Gasteiger partial charge in [-0.1, -0.05) is 20.8 Å². The van der Waals surface area contributed by atoms with Crippen molar-refractivity contribution in [1.29, 1.82) is 0 Å². The third-order valence-corrected chi connectivity index (χ3v) is 9.41. The maximum absolute atomic E-state index is 13.2. The maximum Gasteiger partial charge on any atom is 0.389 e. The van der Waals surface area contributed by atoms with Gasteiger partial charge in [-0.05, 0) is 27.7 Å². The molecule has 28 heavy (non-hydrogen) atoms. The number of hydrogen-bond donors (Lipinski definition) is 2. The first kappa shape index (κ1) is 25.1. The van der Waals surface area contributed by atoms with Crippen LogP contribution in [0.1, 0.15) is 48.5 Å². The monoisotopic (exact) mass is 530 g/mol. The van der Waals surface area contributed by atoms with Crippen LogP contribution in [0.3, 0.4) is 0 Å². The summed E-state index contributed by atoms with van der Waals surface area (Å²) in [5, 5.41) is 17.0. The second-order valence-corrected chi connectivity index (χ2v) is 15.1. The molecule has 0 saturated carbocycles. The van der Waals surface area contributed by atoms with E-state index >= 15 is 0 Å². The summed E-state index contributed by atoms with van der Waals surface area (Å²) >= 11 is 1.68. The number of aliphatic hydroxyl groups excluding tert-OH is 2. The van der Waals surface area contributed by atoms with Gasteiger partial charge in [0, 0.05) is 22.3 Å². The van der Waals surface area contributed by atoms with E-state index in [4.69, 9.17) is 18.5 Å². The Kier molecular flexibility index (Phi) is 6.70. The molecule has 4 unspecified atom stereocenters. The van der Waals surface area contributed by atoms with Gasteiger partial charge in [0.05, 0.1) is 41.4 Å². The molecule has 2 rings (SSSR count). The molecule has 162 valence electrons. The van der Waals surface area contributed by atoms with E-state index in [-0.39, 0.29) is 19.1 Å². The van der Waals surface area contributed by atoms with Crippen LogP contribution in [0.5, 0.6) is 0 Å². The van der Waals surface area contributed by atoms with E-state index in [0.717, 1.165) is 0 Å². The summed E-state index contributed by atoms with van der Waals surface area (Å²) < 4.78 is 37.0. The fraction of sp³-hybridized carbons (Fsp3) is 1.00. The van der Waals surface area contributed by atoms with Crippen molar-refractivity contribution in [3.63, 3.8) is 0 Å². The summed E-state index contributed by atoms with van der Waals surface area (Å²) in [5.41, 5.74) is -3.65. The third kappa shape index (κ3) is 4.27. The first-order valence-electron chi connectivity index (χ1n) is 9.65. The van der Waals surface area contributed by atoms with Crippen molar-refractivity contribution < 1.29 is 33.3 Å². The van der Waals surface area contributed by atoms with E-state index in [1.54, 1.807) is 35.9 Å². The van der Waals surface area contributed by atoms with Crippen molar-refractivity contribution in [2.24, 2.45) is 11.3 Å². The zero-order valence-corrected chi connectivity index (χ0v) is 21.5. The maximum atomic E-state index is 13.2. The molecular formula is C17H34B2IO7P. The Balaban J connectivity index is 2.17. The molecule has 0 aromatic rings. The highest BCUT2D eigenvalue weighted by Gasteiger charge is 2.63. The average molecular weight is 530 g/mol. The summed E-state index contributed by atoms with van der Waals surface area (Å²) in [6, 6.07) is 0. The molecular weight excluding hydrogens is 496 g/mol. The van der Waals surface area contributed by atoms with Gasteiger partial charge in [-0.15, -0.1) is 0 Å². The molecule has 0 aromatic heterocycles. The normalized spacial score (nSPS) is 50.6. The first-order valence-corrected chi connectivity index (χ1v) is 14.0. The standard InChI is InChI=1S/C17H34B2IO7P/c1-10-11(22)15(5,26-16(10,6)18)9-24-28(20,23)25-12-13(2,3)17(7,19)27-14(12,4)8-21/h10-12,21-22H,8-9,18-19H2,1-7H3/t10?,11?,12?,14?,15-,16-,17-,28-/m1/s1. The van der Waals surface area contributed by atoms with Gasteiger partial charge < -0.3 is 19.7 Å². The van der Waals surface area contributed by atoms with Gasteiger partial charge in [0.15, 0.2) is 0 Å². The average Bonchev–Trinajstić information content (AvgIpc) is 2.78. The molecule has 8 atom stereocenters. The number of aliphatic hydroxyl groups is 2. The van der Waals surface area contributed by atoms with Crippen molar-refractivity contribution in [3.05, 3.63) is 0 Å². The predicted molar refractivity (Wildman–Crippen MR) is 121 cm³/mol. The molecule has 2 aliphatic heterocycles. The van der Waals surface area contributed by atoms with Gasteiger partial charge >= 0.3 is 5.24 Å². The van der Waals surface area contributed by atoms with Crippen LogP contribution in [0, 0.1) is 11.3 Å². The Labute approximate surface area is 183 Å². The second kappa shape index (κ2) is 7.47. The summed E-state index contributed by atoms with van der Waals surface area (Å²) in [7, 11) is 3.84. The Morgan fingerprint density at radius 1 is 1.11 bits per heavy atom. The molecule has 0 amide bonds. The van der Waals surface area contributed by atoms with Crippen LogP contribution >= 0.6 is 27.3 Å². The number of halogens is 1. The smallest absolute Gasteiger partial charge is 0.389 e. The van der Waals surface area contributed by atoms with E-state index in [1.165, 1.54) is 0 Å². The molecule has 7 nitrogen and oxygen atoms in total. The predicted octanol–water partition coefficient (Wildman–Crippen LogP) is 1.22. The van der Waals surface area contributed by atoms with Gasteiger partial charge in [0.1, 0.15) is 33.0 Å². The van der Waals surface area contributed by atoms with Crippen molar-refractivity contribution >= 4 is 43.0 Å². The number of rotatable bonds is 6. The quantitative estimate of drug-likeness (QED) is 0.303. The van der Waals surface area contributed by atoms with Crippen molar-refractivity contribution in [1.82, 2.24) is 0 Å². The Morgan fingerprint density at radius 3 is 2.07 bits per heavy atom. The fourth-order valence-electron chi connectivity index (χ4n) is 4.35. The lowest BCUT2D eigenvalue weighted by molar-refractivity contribution is -0.110. The molecule has 0 aliphatic carbocycles. The van der Waals surface area contributed by atoms with Crippen LogP contribution in [-0.2, 0) is 23.1 Å². The molecule has 0 aromatic carbocycles. The molecule has 2 N–H and O–H groups in total. The topological polar surface area (TPSA) is 94.5 Å². The van der Waals surface area contributed by atoms with Crippen molar-refractivity contribution in [2.45, 2.75) is 82.9 Å². The summed E-state index contributed by atoms with van der Waals surface area (Å²) in [6.45, 7) is 12.8. The largest absolute Gasteiger partial charge is 0.393 e. The van der Waals surface area contributed by atoms with Crippen molar-refractivity contribution in [3.8, 4) is 0 Å². The molecule has 0 spiro atoms. The van der Waals surface area contributed by atoms with Gasteiger partial charge in [-0.3, -0.25) is 9.05 Å². The summed E-state index contributed by atoms with van der Waals surface area (Å²) in [5.74, 6) is -0.101. The highest BCUT2D eigenvalue weighted by atomic mass is 127. The molecule has 2 heterocycles. The number of ether oxygens (including phenoxy) is 2. The Hall–Kier alpha value is 0.850. The van der Waals surface area contributed by atoms with E-state index in [0.29, 0.717) is 0 Å². The first-order chi connectivity index (χ1) is 12.3. The lowest BCUT2D eigenvalue weighted by atomic mass is 9.62. The van der Waals surface area contributed by atoms with Gasteiger partial charge in [0.2, 0.25) is 0 Å². The van der Waals surface area contributed by atoms with Crippen molar-refractivity contribution in [2.75, 3.05) is 13.2 Å². The highest BCUT2D eigenvalue weighted by molar-refractivity contribution is 14.2. The minimum absolute atomic E-state index is 0.0740. The van der Waals surface area contributed by atoms with E-state index < -0.39 is 45.1 Å².